The lowest BCUT2D eigenvalue weighted by Crippen LogP contribution is -2.24. The quantitative estimate of drug-likeness (QED) is 0.827. The Bertz CT molecular complexity index is 785. The Hall–Kier alpha value is -1.71. The molecule has 1 aromatic heterocycles. The van der Waals surface area contributed by atoms with Crippen LogP contribution in [0.4, 0.5) is 0 Å². The number of hydrogen-bond acceptors (Lipinski definition) is 5. The molecule has 0 unspecified atom stereocenters. The van der Waals surface area contributed by atoms with Crippen molar-refractivity contribution in [1.82, 2.24) is 9.88 Å². The molecule has 0 aliphatic rings. The van der Waals surface area contributed by atoms with Crippen molar-refractivity contribution in [2.75, 3.05) is 0 Å². The molecule has 0 spiro atoms. The largest absolute Gasteiger partial charge is 0.478 e. The number of aromatic carboxylic acids is 1. The third-order valence-electron chi connectivity index (χ3n) is 2.59. The Labute approximate surface area is 129 Å². The second kappa shape index (κ2) is 5.96. The molecule has 7 nitrogen and oxygen atoms in total. The van der Waals surface area contributed by atoms with Crippen molar-refractivity contribution in [3.8, 4) is 0 Å². The van der Waals surface area contributed by atoms with Crippen molar-refractivity contribution in [3.63, 3.8) is 0 Å². The highest BCUT2D eigenvalue weighted by Crippen LogP contribution is 2.23. The summed E-state index contributed by atoms with van der Waals surface area (Å²) in [7, 11) is -3.88. The molecule has 9 heteroatoms. The molecule has 112 valence electrons. The van der Waals surface area contributed by atoms with Crippen molar-refractivity contribution in [2.24, 2.45) is 0 Å². The number of rotatable bonds is 5. The number of nitrogens with one attached hydrogen (secondary N) is 1. The highest BCUT2D eigenvalue weighted by molar-refractivity contribution is 9.10. The van der Waals surface area contributed by atoms with E-state index in [1.807, 2.05) is 0 Å². The Balaban J connectivity index is 2.26. The van der Waals surface area contributed by atoms with Gasteiger partial charge in [0.1, 0.15) is 5.76 Å². The van der Waals surface area contributed by atoms with Gasteiger partial charge in [-0.2, -0.15) is 0 Å². The van der Waals surface area contributed by atoms with Crippen LogP contribution in [0, 0.1) is 6.92 Å². The van der Waals surface area contributed by atoms with Crippen LogP contribution in [0.15, 0.2) is 38.2 Å². The summed E-state index contributed by atoms with van der Waals surface area (Å²) in [5.41, 5.74) is 0.317. The maximum atomic E-state index is 12.2. The van der Waals surface area contributed by atoms with Crippen LogP contribution in [0.3, 0.4) is 0 Å². The summed E-state index contributed by atoms with van der Waals surface area (Å²) < 4.78 is 31.9. The SMILES string of the molecule is Cc1cc(CNS(=O)(=O)c2cc(C(=O)O)ccc2Br)no1. The van der Waals surface area contributed by atoms with Gasteiger partial charge in [0, 0.05) is 10.5 Å². The summed E-state index contributed by atoms with van der Waals surface area (Å²) in [6, 6.07) is 5.37. The minimum absolute atomic E-state index is 0.0522. The van der Waals surface area contributed by atoms with Crippen molar-refractivity contribution >= 4 is 31.9 Å². The Morgan fingerprint density at radius 1 is 1.43 bits per heavy atom. The molecule has 2 aromatic rings. The molecule has 0 atom stereocenters. The van der Waals surface area contributed by atoms with E-state index in [-0.39, 0.29) is 21.5 Å². The van der Waals surface area contributed by atoms with Crippen molar-refractivity contribution in [1.29, 1.82) is 0 Å². The molecule has 0 amide bonds. The van der Waals surface area contributed by atoms with Crippen LogP contribution >= 0.6 is 15.9 Å². The lowest BCUT2D eigenvalue weighted by atomic mass is 10.2. The normalized spacial score (nSPS) is 11.5. The van der Waals surface area contributed by atoms with Gasteiger partial charge in [0.2, 0.25) is 10.0 Å². The van der Waals surface area contributed by atoms with Crippen LogP contribution in [0.5, 0.6) is 0 Å². The van der Waals surface area contributed by atoms with Crippen LogP contribution in [0.2, 0.25) is 0 Å². The number of aryl methyl sites for hydroxylation is 1. The van der Waals surface area contributed by atoms with Crippen molar-refractivity contribution in [3.05, 3.63) is 45.8 Å². The van der Waals surface area contributed by atoms with Crippen molar-refractivity contribution < 1.29 is 22.8 Å². The van der Waals surface area contributed by atoms with E-state index >= 15 is 0 Å². The van der Waals surface area contributed by atoms with E-state index in [1.165, 1.54) is 12.1 Å². The zero-order valence-corrected chi connectivity index (χ0v) is 13.2. The average Bonchev–Trinajstić information content (AvgIpc) is 2.82. The van der Waals surface area contributed by atoms with Gasteiger partial charge >= 0.3 is 5.97 Å². The van der Waals surface area contributed by atoms with Crippen LogP contribution in [-0.4, -0.2) is 24.7 Å². The van der Waals surface area contributed by atoms with Gasteiger partial charge in [0.25, 0.3) is 0 Å². The minimum Gasteiger partial charge on any atom is -0.478 e. The maximum Gasteiger partial charge on any atom is 0.335 e. The first-order chi connectivity index (χ1) is 9.79. The Morgan fingerprint density at radius 2 is 2.14 bits per heavy atom. The van der Waals surface area contributed by atoms with Gasteiger partial charge in [-0.15, -0.1) is 0 Å². The first-order valence-electron chi connectivity index (χ1n) is 5.74. The first kappa shape index (κ1) is 15.7. The fourth-order valence-electron chi connectivity index (χ4n) is 1.59. The third kappa shape index (κ3) is 3.69. The highest BCUT2D eigenvalue weighted by atomic mass is 79.9. The number of nitrogens with zero attached hydrogens (tertiary/aromatic N) is 1. The molecule has 0 saturated carbocycles. The van der Waals surface area contributed by atoms with Gasteiger partial charge in [-0.1, -0.05) is 5.16 Å². The van der Waals surface area contributed by atoms with Gasteiger partial charge in [-0.25, -0.2) is 17.9 Å². The lowest BCUT2D eigenvalue weighted by molar-refractivity contribution is 0.0696. The van der Waals surface area contributed by atoms with Gasteiger partial charge in [-0.05, 0) is 41.1 Å². The molecule has 2 rings (SSSR count). The predicted molar refractivity (Wildman–Crippen MR) is 76.4 cm³/mol. The zero-order chi connectivity index (χ0) is 15.6. The fourth-order valence-corrected chi connectivity index (χ4v) is 3.58. The molecule has 0 aliphatic carbocycles. The molecule has 21 heavy (non-hydrogen) atoms. The average molecular weight is 375 g/mol. The monoisotopic (exact) mass is 374 g/mol. The van der Waals surface area contributed by atoms with Crippen molar-refractivity contribution in [2.45, 2.75) is 18.4 Å². The molecule has 0 fully saturated rings. The number of carbonyl (C=O) groups is 1. The van der Waals surface area contributed by atoms with Gasteiger partial charge in [0.05, 0.1) is 22.7 Å². The molecule has 0 bridgehead atoms. The third-order valence-corrected chi connectivity index (χ3v) is 4.98. The smallest absolute Gasteiger partial charge is 0.335 e. The molecule has 0 radical (unpaired) electrons. The number of sulfonamides is 1. The van der Waals surface area contributed by atoms with Crippen LogP contribution < -0.4 is 4.72 Å². The van der Waals surface area contributed by atoms with Gasteiger partial charge in [0.15, 0.2) is 0 Å². The van der Waals surface area contributed by atoms with E-state index in [9.17, 15) is 13.2 Å². The standard InChI is InChI=1S/C12H11BrN2O5S/c1-7-4-9(15-20-7)6-14-21(18,19)11-5-8(12(16)17)2-3-10(11)13/h2-5,14H,6H2,1H3,(H,16,17). The second-order valence-electron chi connectivity index (χ2n) is 4.20. The number of aromatic nitrogens is 1. The summed E-state index contributed by atoms with van der Waals surface area (Å²) in [4.78, 5) is 10.8. The summed E-state index contributed by atoms with van der Waals surface area (Å²) in [6.07, 6.45) is 0. The summed E-state index contributed by atoms with van der Waals surface area (Å²) in [6.45, 7) is 1.64. The molecule has 1 aromatic carbocycles. The summed E-state index contributed by atoms with van der Waals surface area (Å²) in [5.74, 6) is -0.635. The number of carboxylic acids is 1. The van der Waals surface area contributed by atoms with Crippen LogP contribution in [-0.2, 0) is 16.6 Å². The molecule has 1 heterocycles. The van der Waals surface area contributed by atoms with Gasteiger partial charge < -0.3 is 9.63 Å². The van der Waals surface area contributed by atoms with Crippen LogP contribution in [0.25, 0.3) is 0 Å². The summed E-state index contributed by atoms with van der Waals surface area (Å²) in [5, 5.41) is 12.6. The van der Waals surface area contributed by atoms with E-state index < -0.39 is 16.0 Å². The molecule has 0 aliphatic heterocycles. The lowest BCUT2D eigenvalue weighted by Gasteiger charge is -2.08. The molecule has 2 N–H and O–H groups in total. The topological polar surface area (TPSA) is 110 Å². The van der Waals surface area contributed by atoms with E-state index in [0.29, 0.717) is 11.5 Å². The number of hydrogen-bond donors (Lipinski definition) is 2. The number of halogens is 1. The van der Waals surface area contributed by atoms with Gasteiger partial charge in [-0.3, -0.25) is 0 Å². The first-order valence-corrected chi connectivity index (χ1v) is 8.02. The molecule has 0 saturated heterocycles. The molecular weight excluding hydrogens is 364 g/mol. The second-order valence-corrected chi connectivity index (χ2v) is 6.79. The zero-order valence-electron chi connectivity index (χ0n) is 10.8. The number of carboxylic acid groups (broad SMARTS) is 1. The minimum atomic E-state index is -3.88. The Morgan fingerprint density at radius 3 is 2.71 bits per heavy atom. The molecular formula is C12H11BrN2O5S. The van der Waals surface area contributed by atoms with E-state index in [1.54, 1.807) is 13.0 Å². The van der Waals surface area contributed by atoms with Crippen LogP contribution in [0.1, 0.15) is 21.8 Å². The van der Waals surface area contributed by atoms with E-state index in [2.05, 4.69) is 25.8 Å². The Kier molecular flexibility index (Phi) is 4.45. The predicted octanol–water partition coefficient (Wildman–Crippen LogP) is 1.92. The highest BCUT2D eigenvalue weighted by Gasteiger charge is 2.20. The summed E-state index contributed by atoms with van der Waals surface area (Å²) >= 11 is 3.10. The maximum absolute atomic E-state index is 12.2. The van der Waals surface area contributed by atoms with E-state index in [0.717, 1.165) is 6.07 Å². The fraction of sp³-hybridized carbons (Fsp3) is 0.167. The van der Waals surface area contributed by atoms with E-state index in [4.69, 9.17) is 9.63 Å². The number of benzene rings is 1.